The van der Waals surface area contributed by atoms with Crippen LogP contribution in [-0.4, -0.2) is 71.4 Å². The van der Waals surface area contributed by atoms with Crippen molar-refractivity contribution in [1.29, 1.82) is 0 Å². The number of carbonyl (C=O) groups is 1. The van der Waals surface area contributed by atoms with Crippen LogP contribution in [0.15, 0.2) is 48.7 Å². The molecule has 5 aliphatic rings. The van der Waals surface area contributed by atoms with Gasteiger partial charge in [0.1, 0.15) is 23.5 Å². The predicted molar refractivity (Wildman–Crippen MR) is 195 cm³/mol. The quantitative estimate of drug-likeness (QED) is 0.215. The summed E-state index contributed by atoms with van der Waals surface area (Å²) in [5, 5.41) is 14.6. The van der Waals surface area contributed by atoms with Crippen molar-refractivity contribution in [2.24, 2.45) is 11.8 Å². The lowest BCUT2D eigenvalue weighted by molar-refractivity contribution is -0.144. The molecule has 8 rings (SSSR count). The van der Waals surface area contributed by atoms with Crippen molar-refractivity contribution in [3.05, 3.63) is 76.1 Å². The highest BCUT2D eigenvalue weighted by Gasteiger charge is 2.55. The van der Waals surface area contributed by atoms with Crippen LogP contribution in [0.4, 0.5) is 14.5 Å². The number of nitrogens with zero attached hydrogens (tertiary/aromatic N) is 2. The molecule has 2 N–H and O–H groups in total. The zero-order valence-electron chi connectivity index (χ0n) is 29.9. The van der Waals surface area contributed by atoms with Crippen LogP contribution < -0.4 is 19.5 Å². The van der Waals surface area contributed by atoms with Crippen LogP contribution in [0.5, 0.6) is 17.2 Å². The summed E-state index contributed by atoms with van der Waals surface area (Å²) in [5.41, 5.74) is 4.10. The molecule has 52 heavy (non-hydrogen) atoms. The van der Waals surface area contributed by atoms with Gasteiger partial charge >= 0.3 is 5.97 Å². The molecule has 0 unspecified atom stereocenters. The Bertz CT molecular complexity index is 1820. The third-order valence-electron chi connectivity index (χ3n) is 12.6. The molecule has 2 fully saturated rings. The first-order chi connectivity index (χ1) is 25.0. The smallest absolute Gasteiger partial charge is 0.329 e. The third kappa shape index (κ3) is 6.59. The van der Waals surface area contributed by atoms with Gasteiger partial charge in [-0.25, -0.2) is 13.6 Å². The molecular weight excluding hydrogens is 688 g/mol. The molecule has 1 aromatic heterocycles. The van der Waals surface area contributed by atoms with Gasteiger partial charge in [0.2, 0.25) is 0 Å². The minimum atomic E-state index is -2.41. The summed E-state index contributed by atoms with van der Waals surface area (Å²) in [6.07, 6.45) is 6.14. The van der Waals surface area contributed by atoms with Gasteiger partial charge in [-0.3, -0.25) is 9.88 Å². The SMILES string of the molecule is C[C@@H](COc1ccnc2c1[C@H](C)CCC2)C[C@H]1Cc2cc3c(cc2C12CCC(Nc1cccc(Cl)c1)(C(=O)O)CC2)O[C@@H]1CN(CC(F)F)C[C@@H]1O3. The Morgan fingerprint density at radius 2 is 1.87 bits per heavy atom. The molecule has 1 spiro atoms. The molecule has 1 saturated carbocycles. The first-order valence-electron chi connectivity index (χ1n) is 18.9. The minimum absolute atomic E-state index is 0.247. The lowest BCUT2D eigenvalue weighted by Gasteiger charge is -2.47. The van der Waals surface area contributed by atoms with Crippen LogP contribution in [-0.2, 0) is 23.1 Å². The average Bonchev–Trinajstić information content (AvgIpc) is 3.62. The zero-order chi connectivity index (χ0) is 36.2. The van der Waals surface area contributed by atoms with E-state index in [-0.39, 0.29) is 36.0 Å². The highest BCUT2D eigenvalue weighted by atomic mass is 35.5. The zero-order valence-corrected chi connectivity index (χ0v) is 30.6. The fraction of sp³-hybridized carbons (Fsp3) is 0.561. The topological polar surface area (TPSA) is 93.2 Å². The van der Waals surface area contributed by atoms with E-state index in [0.717, 1.165) is 43.5 Å². The van der Waals surface area contributed by atoms with Gasteiger partial charge in [0.25, 0.3) is 6.43 Å². The summed E-state index contributed by atoms with van der Waals surface area (Å²) in [6, 6.07) is 13.5. The summed E-state index contributed by atoms with van der Waals surface area (Å²) in [4.78, 5) is 19.4. The van der Waals surface area contributed by atoms with Crippen LogP contribution >= 0.6 is 11.6 Å². The number of hydrogen-bond donors (Lipinski definition) is 2. The Labute approximate surface area is 309 Å². The molecule has 0 radical (unpaired) electrons. The Hall–Kier alpha value is -3.63. The van der Waals surface area contributed by atoms with E-state index in [2.05, 4.69) is 36.3 Å². The highest BCUT2D eigenvalue weighted by molar-refractivity contribution is 6.30. The number of aliphatic carboxylic acids is 1. The number of anilines is 1. The van der Waals surface area contributed by atoms with Crippen LogP contribution in [0.2, 0.25) is 5.02 Å². The van der Waals surface area contributed by atoms with E-state index in [0.29, 0.717) is 73.5 Å². The Morgan fingerprint density at radius 1 is 1.12 bits per heavy atom. The Kier molecular flexibility index (Phi) is 9.51. The number of aryl methyl sites for hydroxylation is 1. The fourth-order valence-electron chi connectivity index (χ4n) is 10.0. The number of carboxylic acids is 1. The van der Waals surface area contributed by atoms with Crippen LogP contribution in [0.1, 0.15) is 87.1 Å². The van der Waals surface area contributed by atoms with E-state index in [1.807, 2.05) is 24.4 Å². The molecule has 2 aromatic carbocycles. The van der Waals surface area contributed by atoms with Crippen molar-refractivity contribution in [2.45, 2.75) is 107 Å². The molecule has 1 saturated heterocycles. The number of nitrogens with one attached hydrogen (secondary N) is 1. The molecule has 3 aromatic rings. The first-order valence-corrected chi connectivity index (χ1v) is 19.3. The summed E-state index contributed by atoms with van der Waals surface area (Å²) in [5.74, 6) is 2.34. The minimum Gasteiger partial charge on any atom is -0.493 e. The number of fused-ring (bicyclic) bond motifs is 5. The maximum absolute atomic E-state index is 13.2. The van der Waals surface area contributed by atoms with Gasteiger partial charge in [-0.05, 0) is 128 Å². The number of halogens is 3. The van der Waals surface area contributed by atoms with Crippen molar-refractivity contribution in [3.8, 4) is 17.2 Å². The Balaban J connectivity index is 1.06. The second-order valence-corrected chi connectivity index (χ2v) is 16.5. The molecule has 0 bridgehead atoms. The number of carboxylic acid groups (broad SMARTS) is 1. The van der Waals surface area contributed by atoms with Crippen LogP contribution in [0.3, 0.4) is 0 Å². The summed E-state index contributed by atoms with van der Waals surface area (Å²) < 4.78 is 45.9. The predicted octanol–water partition coefficient (Wildman–Crippen LogP) is 8.29. The number of ether oxygens (including phenoxy) is 3. The lowest BCUT2D eigenvalue weighted by Crippen LogP contribution is -2.53. The van der Waals surface area contributed by atoms with Crippen molar-refractivity contribution in [2.75, 3.05) is 31.6 Å². The largest absolute Gasteiger partial charge is 0.493 e. The van der Waals surface area contributed by atoms with E-state index in [4.69, 9.17) is 25.8 Å². The van der Waals surface area contributed by atoms with Gasteiger partial charge in [-0.2, -0.15) is 0 Å². The molecule has 5 atom stereocenters. The fourth-order valence-corrected chi connectivity index (χ4v) is 10.2. The molecule has 278 valence electrons. The number of pyridine rings is 1. The van der Waals surface area contributed by atoms with E-state index in [9.17, 15) is 18.7 Å². The van der Waals surface area contributed by atoms with Gasteiger partial charge in [0.15, 0.2) is 11.5 Å². The third-order valence-corrected chi connectivity index (χ3v) is 12.8. The molecular formula is C41H48ClF2N3O5. The molecule has 2 aliphatic heterocycles. The molecule has 3 heterocycles. The van der Waals surface area contributed by atoms with E-state index >= 15 is 0 Å². The van der Waals surface area contributed by atoms with Crippen LogP contribution in [0.25, 0.3) is 0 Å². The van der Waals surface area contributed by atoms with E-state index in [1.165, 1.54) is 16.7 Å². The number of likely N-dealkylation sites (tertiary alicyclic amines) is 1. The second-order valence-electron chi connectivity index (χ2n) is 16.1. The summed E-state index contributed by atoms with van der Waals surface area (Å²) in [7, 11) is 0. The Morgan fingerprint density at radius 3 is 2.58 bits per heavy atom. The van der Waals surface area contributed by atoms with E-state index < -0.39 is 17.9 Å². The van der Waals surface area contributed by atoms with Gasteiger partial charge in [0, 0.05) is 41.3 Å². The van der Waals surface area contributed by atoms with Crippen molar-refractivity contribution in [1.82, 2.24) is 9.88 Å². The summed E-state index contributed by atoms with van der Waals surface area (Å²) >= 11 is 6.28. The maximum Gasteiger partial charge on any atom is 0.329 e. The number of alkyl halides is 2. The van der Waals surface area contributed by atoms with Gasteiger partial charge < -0.3 is 24.6 Å². The van der Waals surface area contributed by atoms with Crippen LogP contribution in [0, 0.1) is 11.8 Å². The number of benzene rings is 2. The van der Waals surface area contributed by atoms with Crippen molar-refractivity contribution < 1.29 is 32.9 Å². The molecule has 0 amide bonds. The number of rotatable bonds is 10. The maximum atomic E-state index is 13.2. The summed E-state index contributed by atoms with van der Waals surface area (Å²) in [6.45, 7) is 5.61. The normalized spacial score (nSPS) is 29.7. The van der Waals surface area contributed by atoms with Gasteiger partial charge in [-0.1, -0.05) is 31.5 Å². The first kappa shape index (κ1) is 35.4. The monoisotopic (exact) mass is 735 g/mol. The average molecular weight is 736 g/mol. The highest BCUT2D eigenvalue weighted by Crippen LogP contribution is 2.58. The number of aromatic nitrogens is 1. The van der Waals surface area contributed by atoms with Crippen molar-refractivity contribution in [3.63, 3.8) is 0 Å². The molecule has 11 heteroatoms. The second kappa shape index (κ2) is 14.0. The molecule has 3 aliphatic carbocycles. The lowest BCUT2D eigenvalue weighted by atomic mass is 9.59. The van der Waals surface area contributed by atoms with E-state index in [1.54, 1.807) is 17.0 Å². The van der Waals surface area contributed by atoms with Gasteiger partial charge in [-0.15, -0.1) is 0 Å². The van der Waals surface area contributed by atoms with Gasteiger partial charge in [0.05, 0.1) is 13.2 Å². The van der Waals surface area contributed by atoms with Crippen molar-refractivity contribution >= 4 is 23.3 Å². The number of hydrogen-bond acceptors (Lipinski definition) is 7. The standard InChI is InChI=1S/C41H48ClF2N3O5/c1-24(23-50-32-9-14-45-31-8-3-5-25(2)38(31)32)15-27-16-26-17-33-34(52-36-21-47(22-37(43)44)20-35(36)51-33)19-30(26)40(27)10-12-41(13-11-40,39(48)49)46-29-7-4-6-28(42)18-29/h4,6-7,9,14,17-19,24-25,27,35-37,46H,3,5,8,10-13,15-16,20-23H2,1-2H3,(H,48,49)/t24-,25-,27+,35+,36-,40?,41?/m1/s1. The molecule has 8 nitrogen and oxygen atoms in total.